The van der Waals surface area contributed by atoms with Crippen LogP contribution in [0.2, 0.25) is 0 Å². The Morgan fingerprint density at radius 2 is 1.56 bits per heavy atom. The zero-order chi connectivity index (χ0) is 43.6. The van der Waals surface area contributed by atoms with Gasteiger partial charge in [0.05, 0.1) is 25.3 Å². The average molecular weight is 839 g/mol. The number of azide groups is 1. The largest absolute Gasteiger partial charge is 0.444 e. The molecule has 1 aromatic carbocycles. The molecule has 2 fully saturated rings. The highest BCUT2D eigenvalue weighted by atomic mass is 16.6. The van der Waals surface area contributed by atoms with Gasteiger partial charge in [0.2, 0.25) is 17.7 Å². The number of unbranched alkanes of at least 4 members (excludes halogenated alkanes) is 4. The Hall–Kier alpha value is -4.91. The molecule has 6 atom stereocenters. The van der Waals surface area contributed by atoms with Gasteiger partial charge in [0.15, 0.2) is 0 Å². The fourth-order valence-electron chi connectivity index (χ4n) is 10.3. The summed E-state index contributed by atoms with van der Waals surface area (Å²) in [6, 6.07) is 5.89. The summed E-state index contributed by atoms with van der Waals surface area (Å²) in [6.45, 7) is 8.16. The number of hydrogen-bond donors (Lipinski definition) is 3. The lowest BCUT2D eigenvalue weighted by atomic mass is 9.39. The van der Waals surface area contributed by atoms with Crippen molar-refractivity contribution >= 4 is 29.5 Å². The number of carbonyl (C=O) groups is 4. The van der Waals surface area contributed by atoms with Crippen LogP contribution in [0.3, 0.4) is 0 Å². The number of benzene rings is 1. The number of rotatable bonds is 20. The van der Waals surface area contributed by atoms with Crippen LogP contribution in [0.25, 0.3) is 10.4 Å². The third-order valence-corrected chi connectivity index (χ3v) is 13.1. The number of anilines is 1. The molecule has 1 heterocycles. The Labute approximate surface area is 361 Å². The first-order chi connectivity index (χ1) is 29.3. The van der Waals surface area contributed by atoms with Crippen LogP contribution >= 0.6 is 0 Å². The third-order valence-electron chi connectivity index (χ3n) is 13.1. The highest BCUT2D eigenvalue weighted by molar-refractivity contribution is 5.91. The van der Waals surface area contributed by atoms with Crippen LogP contribution in [0.4, 0.5) is 10.5 Å². The average Bonchev–Trinajstić information content (AvgIpc) is 3.71. The summed E-state index contributed by atoms with van der Waals surface area (Å²) >= 11 is 0. The first-order valence-corrected chi connectivity index (χ1v) is 22.3. The van der Waals surface area contributed by atoms with Gasteiger partial charge in [0.1, 0.15) is 5.60 Å². The summed E-state index contributed by atoms with van der Waals surface area (Å²) in [7, 11) is 3.56. The van der Waals surface area contributed by atoms with Crippen LogP contribution in [0.1, 0.15) is 95.6 Å². The summed E-state index contributed by atoms with van der Waals surface area (Å²) in [5.41, 5.74) is 11.2. The normalized spacial score (nSPS) is 26.4. The van der Waals surface area contributed by atoms with Gasteiger partial charge in [-0.2, -0.15) is 0 Å². The van der Waals surface area contributed by atoms with E-state index in [2.05, 4.69) is 92.8 Å². The zero-order valence-electron chi connectivity index (χ0n) is 36.7. The number of hydrogen-bond acceptors (Lipinski definition) is 8. The lowest BCUT2D eigenvalue weighted by Gasteiger charge is -2.63. The molecular formula is C47H66N8O6. The molecule has 61 heavy (non-hydrogen) atoms. The van der Waals surface area contributed by atoms with Gasteiger partial charge in [-0.3, -0.25) is 14.4 Å². The van der Waals surface area contributed by atoms with E-state index in [9.17, 15) is 19.2 Å². The van der Waals surface area contributed by atoms with Crippen molar-refractivity contribution in [1.29, 1.82) is 0 Å². The lowest BCUT2D eigenvalue weighted by molar-refractivity contribution is -0.132. The van der Waals surface area contributed by atoms with E-state index in [4.69, 9.17) is 15.0 Å². The number of nitrogens with one attached hydrogen (secondary N) is 3. The minimum Gasteiger partial charge on any atom is -0.444 e. The molecule has 1 saturated heterocycles. The maximum Gasteiger partial charge on any atom is 0.407 e. The Morgan fingerprint density at radius 3 is 2.25 bits per heavy atom. The van der Waals surface area contributed by atoms with E-state index in [0.717, 1.165) is 37.8 Å². The maximum absolute atomic E-state index is 13.9. The van der Waals surface area contributed by atoms with E-state index in [1.165, 1.54) is 11.1 Å². The second-order valence-electron chi connectivity index (χ2n) is 18.4. The summed E-state index contributed by atoms with van der Waals surface area (Å²) in [4.78, 5) is 58.1. The number of likely N-dealkylation sites (N-methyl/N-ethyl adjacent to an activating group) is 2. The van der Waals surface area contributed by atoms with Crippen molar-refractivity contribution in [2.24, 2.45) is 28.8 Å². The van der Waals surface area contributed by atoms with Gasteiger partial charge < -0.3 is 35.2 Å². The number of carbonyl (C=O) groups excluding carboxylic acids is 4. The second kappa shape index (κ2) is 20.8. The van der Waals surface area contributed by atoms with Crippen molar-refractivity contribution in [2.45, 2.75) is 108 Å². The van der Waals surface area contributed by atoms with E-state index >= 15 is 0 Å². The standard InChI is InChI=1S/C47H66N8O6/c1-46(2,3)61-45(59)49-24-14-8-6-7-9-19-41(56)51-32-20-21-36-39(29-32)47(37-17-12-10-15-34(37)43(36)35-16-11-13-18-38(35)47)23-22-42(57)54(4)25-27-60-28-26-55(5)44(58)40-30-33(31-50-40)52-53-48/h10-13,15-18,20-21,29,33-35,37-38,40,43,50H,6-9,14,19,22-28,30-31H2,1-5H3,(H,49,59)(H,51,56)/t33-,34?,35?,37?,38?,40?,43?,47?/m0/s1. The van der Waals surface area contributed by atoms with Gasteiger partial charge >= 0.3 is 6.09 Å². The number of allylic oxidation sites excluding steroid dienone is 8. The van der Waals surface area contributed by atoms with E-state index in [1.54, 1.807) is 16.8 Å². The first kappa shape index (κ1) is 45.6. The highest BCUT2D eigenvalue weighted by Crippen LogP contribution is 2.68. The molecule has 0 aromatic heterocycles. The van der Waals surface area contributed by atoms with Gasteiger partial charge in [0, 0.05) is 69.1 Å². The smallest absolute Gasteiger partial charge is 0.407 e. The monoisotopic (exact) mass is 839 g/mol. The van der Waals surface area contributed by atoms with Gasteiger partial charge in [-0.05, 0) is 105 Å². The summed E-state index contributed by atoms with van der Waals surface area (Å²) in [6.07, 6.45) is 24.2. The minimum absolute atomic E-state index is 0.00163. The van der Waals surface area contributed by atoms with Crippen molar-refractivity contribution < 1.29 is 28.7 Å². The number of amides is 4. The van der Waals surface area contributed by atoms with Crippen molar-refractivity contribution in [3.8, 4) is 0 Å². The highest BCUT2D eigenvalue weighted by Gasteiger charge is 2.62. The molecule has 6 aliphatic rings. The van der Waals surface area contributed by atoms with Crippen LogP contribution in [0.15, 0.2) is 71.9 Å². The van der Waals surface area contributed by atoms with Gasteiger partial charge in [0.25, 0.3) is 0 Å². The summed E-state index contributed by atoms with van der Waals surface area (Å²) < 4.78 is 11.2. The van der Waals surface area contributed by atoms with Crippen molar-refractivity contribution in [3.63, 3.8) is 0 Å². The Balaban J connectivity index is 1.03. The van der Waals surface area contributed by atoms with E-state index in [0.29, 0.717) is 82.8 Å². The molecule has 4 amide bonds. The second-order valence-corrected chi connectivity index (χ2v) is 18.4. The van der Waals surface area contributed by atoms with Crippen LogP contribution in [-0.2, 0) is 29.3 Å². The fraction of sp³-hybridized carbons (Fsp3) is 0.617. The van der Waals surface area contributed by atoms with Crippen LogP contribution in [-0.4, -0.2) is 105 Å². The number of alkyl carbamates (subject to hydrolysis) is 1. The molecule has 1 aliphatic heterocycles. The van der Waals surface area contributed by atoms with Crippen LogP contribution in [0, 0.1) is 23.7 Å². The molecule has 330 valence electrons. The van der Waals surface area contributed by atoms with Crippen LogP contribution < -0.4 is 16.0 Å². The quantitative estimate of drug-likeness (QED) is 0.0534. The molecule has 0 radical (unpaired) electrons. The number of ether oxygens (including phenoxy) is 2. The minimum atomic E-state index is -0.511. The fourth-order valence-corrected chi connectivity index (χ4v) is 10.3. The van der Waals surface area contributed by atoms with Crippen LogP contribution in [0.5, 0.6) is 0 Å². The van der Waals surface area contributed by atoms with Gasteiger partial charge in [-0.25, -0.2) is 4.79 Å². The summed E-state index contributed by atoms with van der Waals surface area (Å²) in [5.74, 6) is 1.35. The Morgan fingerprint density at radius 1 is 0.902 bits per heavy atom. The molecule has 2 bridgehead atoms. The zero-order valence-corrected chi connectivity index (χ0v) is 36.7. The summed E-state index contributed by atoms with van der Waals surface area (Å²) in [5, 5.41) is 12.9. The maximum atomic E-state index is 13.9. The molecule has 5 aliphatic carbocycles. The SMILES string of the molecule is CN(CCOCCN(C)C(=O)C1C[C@H](N=[N+]=[N-])CN1)C(=O)CCC12c3cc(NC(=O)CCCCCCCNC(=O)OC(C)(C)C)ccc3C(C3C=CC=CC31)C1C=CC=CC12. The van der Waals surface area contributed by atoms with Crippen molar-refractivity contribution in [2.75, 3.05) is 58.8 Å². The van der Waals surface area contributed by atoms with Crippen molar-refractivity contribution in [3.05, 3.63) is 88.4 Å². The number of nitrogens with zero attached hydrogens (tertiary/aromatic N) is 5. The molecule has 14 nitrogen and oxygen atoms in total. The van der Waals surface area contributed by atoms with Crippen molar-refractivity contribution in [1.82, 2.24) is 20.4 Å². The van der Waals surface area contributed by atoms with E-state index < -0.39 is 11.7 Å². The predicted octanol–water partition coefficient (Wildman–Crippen LogP) is 7.31. The molecule has 1 saturated carbocycles. The van der Waals surface area contributed by atoms with E-state index in [1.807, 2.05) is 27.8 Å². The Kier molecular flexibility index (Phi) is 15.5. The molecular weight excluding hydrogens is 773 g/mol. The molecule has 7 rings (SSSR count). The molecule has 3 N–H and O–H groups in total. The molecule has 0 spiro atoms. The van der Waals surface area contributed by atoms with Gasteiger partial charge in [-0.1, -0.05) is 79.1 Å². The lowest BCUT2D eigenvalue weighted by Crippen LogP contribution is -2.59. The first-order valence-electron chi connectivity index (χ1n) is 22.3. The Bertz CT molecular complexity index is 1880. The predicted molar refractivity (Wildman–Crippen MR) is 237 cm³/mol. The third kappa shape index (κ3) is 11.1. The van der Waals surface area contributed by atoms with Gasteiger partial charge in [-0.15, -0.1) is 0 Å². The molecule has 1 aromatic rings. The van der Waals surface area contributed by atoms with E-state index in [-0.39, 0.29) is 47.1 Å². The molecule has 14 heteroatoms. The molecule has 5 unspecified atom stereocenters. The topological polar surface area (TPSA) is 178 Å².